The molecule has 3 aliphatic heterocycles. The molecule has 4 aliphatic rings. The van der Waals surface area contributed by atoms with Crippen LogP contribution in [-0.4, -0.2) is 92.4 Å². The molecule has 0 bridgehead atoms. The standard InChI is InChI=1S/C39H52F3N3O5/c1-25-5-10-30(11-6-25)44-22-34(26-7-12-32(50-4)13-8-26)38(2,24-44)37(48)45-21-28(19-31(45)23-49-3)33-14-9-29(39(40,41)42)20-35(33)43-17-15-27(16-18-43)36(46)47/h7-9,12-14,20,25,27-28,30-31,34H,5-6,10-11,15-19,21-24H2,1-4H3,(H,46,47)/t25-,28-,30-,31+,34-,38+/m0/s1. The van der Waals surface area contributed by atoms with Gasteiger partial charge in [0, 0.05) is 63.4 Å². The number of methoxy groups -OCH3 is 2. The summed E-state index contributed by atoms with van der Waals surface area (Å²) in [4.78, 5) is 33.1. The number of rotatable bonds is 9. The minimum Gasteiger partial charge on any atom is -0.497 e. The number of likely N-dealkylation sites (tertiary alicyclic amines) is 2. The van der Waals surface area contributed by atoms with Crippen LogP contribution in [0.1, 0.15) is 87.3 Å². The number of alkyl halides is 3. The van der Waals surface area contributed by atoms with Crippen molar-refractivity contribution < 1.29 is 37.3 Å². The fraction of sp³-hybridized carbons (Fsp3) is 0.641. The molecule has 50 heavy (non-hydrogen) atoms. The Morgan fingerprint density at radius 1 is 0.960 bits per heavy atom. The van der Waals surface area contributed by atoms with Gasteiger partial charge < -0.3 is 24.4 Å². The Kier molecular flexibility index (Phi) is 10.8. The monoisotopic (exact) mass is 699 g/mol. The Morgan fingerprint density at radius 3 is 2.24 bits per heavy atom. The molecule has 3 heterocycles. The van der Waals surface area contributed by atoms with Crippen molar-refractivity contribution in [1.82, 2.24) is 9.80 Å². The van der Waals surface area contributed by atoms with Gasteiger partial charge in [0.2, 0.25) is 5.91 Å². The summed E-state index contributed by atoms with van der Waals surface area (Å²) in [6.07, 6.45) is 1.41. The van der Waals surface area contributed by atoms with E-state index in [1.807, 2.05) is 21.9 Å². The molecule has 11 heteroatoms. The molecule has 6 rings (SSSR count). The van der Waals surface area contributed by atoms with E-state index >= 15 is 4.79 Å². The molecule has 2 aromatic rings. The number of nitrogens with zero attached hydrogens (tertiary/aromatic N) is 3. The van der Waals surface area contributed by atoms with Crippen LogP contribution in [0.4, 0.5) is 18.9 Å². The van der Waals surface area contributed by atoms with Crippen LogP contribution in [0.5, 0.6) is 5.75 Å². The number of carbonyl (C=O) groups is 2. The number of carbonyl (C=O) groups excluding carboxylic acids is 1. The summed E-state index contributed by atoms with van der Waals surface area (Å²) in [6.45, 7) is 7.27. The van der Waals surface area contributed by atoms with Gasteiger partial charge in [-0.15, -0.1) is 0 Å². The topological polar surface area (TPSA) is 82.5 Å². The van der Waals surface area contributed by atoms with Crippen molar-refractivity contribution in [2.45, 2.75) is 88.9 Å². The largest absolute Gasteiger partial charge is 0.497 e. The van der Waals surface area contributed by atoms with Crippen LogP contribution in [0.2, 0.25) is 0 Å². The Labute approximate surface area is 293 Å². The highest BCUT2D eigenvalue weighted by atomic mass is 19.4. The Balaban J connectivity index is 1.31. The van der Waals surface area contributed by atoms with Crippen LogP contribution in [0.15, 0.2) is 42.5 Å². The predicted molar refractivity (Wildman–Crippen MR) is 186 cm³/mol. The highest BCUT2D eigenvalue weighted by molar-refractivity contribution is 5.85. The molecule has 0 aromatic heterocycles. The van der Waals surface area contributed by atoms with Crippen molar-refractivity contribution >= 4 is 17.6 Å². The van der Waals surface area contributed by atoms with E-state index in [9.17, 15) is 23.1 Å². The maximum atomic E-state index is 15.1. The number of carboxylic acids is 1. The third kappa shape index (κ3) is 7.36. The van der Waals surface area contributed by atoms with Gasteiger partial charge in [-0.1, -0.05) is 25.1 Å². The van der Waals surface area contributed by atoms with E-state index in [4.69, 9.17) is 9.47 Å². The van der Waals surface area contributed by atoms with Crippen molar-refractivity contribution in [2.24, 2.45) is 17.3 Å². The minimum atomic E-state index is -4.52. The van der Waals surface area contributed by atoms with E-state index < -0.39 is 29.0 Å². The average Bonchev–Trinajstić information content (AvgIpc) is 3.69. The number of anilines is 1. The Morgan fingerprint density at radius 2 is 1.64 bits per heavy atom. The molecule has 4 fully saturated rings. The minimum absolute atomic E-state index is 0.0420. The van der Waals surface area contributed by atoms with Crippen LogP contribution < -0.4 is 9.64 Å². The number of hydrogen-bond acceptors (Lipinski definition) is 6. The molecule has 1 N–H and O–H groups in total. The van der Waals surface area contributed by atoms with Gasteiger partial charge in [-0.3, -0.25) is 14.5 Å². The van der Waals surface area contributed by atoms with Crippen molar-refractivity contribution in [3.05, 3.63) is 59.2 Å². The zero-order chi connectivity index (χ0) is 35.8. The number of ether oxygens (including phenoxy) is 2. The van der Waals surface area contributed by atoms with Crippen molar-refractivity contribution in [3.8, 4) is 5.75 Å². The first-order valence-electron chi connectivity index (χ1n) is 18.2. The SMILES string of the molecule is COC[C@H]1C[C@H](c2ccc(C(F)(F)F)cc2N2CCC(C(=O)O)CC2)CN1C(=O)[C@]1(C)CN([C@H]2CC[C@H](C)CC2)C[C@H]1c1ccc(OC)cc1. The van der Waals surface area contributed by atoms with Gasteiger partial charge in [0.25, 0.3) is 0 Å². The van der Waals surface area contributed by atoms with E-state index in [2.05, 4.69) is 30.9 Å². The van der Waals surface area contributed by atoms with Gasteiger partial charge in [0.1, 0.15) is 5.75 Å². The number of benzene rings is 2. The highest BCUT2D eigenvalue weighted by Gasteiger charge is 2.54. The van der Waals surface area contributed by atoms with Crippen LogP contribution in [0.3, 0.4) is 0 Å². The molecule has 2 aromatic carbocycles. The fourth-order valence-electron chi connectivity index (χ4n) is 9.22. The second-order valence-electron chi connectivity index (χ2n) is 15.5. The lowest BCUT2D eigenvalue weighted by Crippen LogP contribution is -2.49. The van der Waals surface area contributed by atoms with Crippen LogP contribution in [0, 0.1) is 17.3 Å². The number of aliphatic carboxylic acids is 1. The lowest BCUT2D eigenvalue weighted by atomic mass is 9.74. The molecule has 0 unspecified atom stereocenters. The normalized spacial score (nSPS) is 29.8. The van der Waals surface area contributed by atoms with E-state index in [0.717, 1.165) is 42.3 Å². The molecule has 4 atom stereocenters. The molecule has 3 saturated heterocycles. The zero-order valence-electron chi connectivity index (χ0n) is 29.8. The molecule has 0 spiro atoms. The van der Waals surface area contributed by atoms with Crippen molar-refractivity contribution in [2.75, 3.05) is 58.5 Å². The molecular weight excluding hydrogens is 647 g/mol. The number of amides is 1. The van der Waals surface area contributed by atoms with E-state index in [1.165, 1.54) is 18.9 Å². The Bertz CT molecular complexity index is 1500. The molecule has 0 radical (unpaired) electrons. The van der Waals surface area contributed by atoms with Crippen LogP contribution in [-0.2, 0) is 20.5 Å². The van der Waals surface area contributed by atoms with E-state index in [-0.39, 0.29) is 23.8 Å². The molecule has 274 valence electrons. The summed E-state index contributed by atoms with van der Waals surface area (Å²) in [5.41, 5.74) is 0.904. The van der Waals surface area contributed by atoms with Crippen LogP contribution in [0.25, 0.3) is 0 Å². The van der Waals surface area contributed by atoms with E-state index in [0.29, 0.717) is 69.7 Å². The maximum Gasteiger partial charge on any atom is 0.416 e. The smallest absolute Gasteiger partial charge is 0.416 e. The summed E-state index contributed by atoms with van der Waals surface area (Å²) >= 11 is 0. The summed E-state index contributed by atoms with van der Waals surface area (Å²) in [6, 6.07) is 12.2. The second kappa shape index (κ2) is 14.7. The Hall–Kier alpha value is -3.31. The summed E-state index contributed by atoms with van der Waals surface area (Å²) < 4.78 is 53.1. The molecule has 1 saturated carbocycles. The summed E-state index contributed by atoms with van der Waals surface area (Å²) in [7, 11) is 3.26. The zero-order valence-corrected chi connectivity index (χ0v) is 29.8. The maximum absolute atomic E-state index is 15.1. The van der Waals surface area contributed by atoms with Gasteiger partial charge in [0.15, 0.2) is 0 Å². The van der Waals surface area contributed by atoms with Gasteiger partial charge in [-0.05, 0) is 93.2 Å². The summed E-state index contributed by atoms with van der Waals surface area (Å²) in [5.74, 6) is -0.0760. The third-order valence-electron chi connectivity index (χ3n) is 12.2. The van der Waals surface area contributed by atoms with Gasteiger partial charge in [0.05, 0.1) is 36.7 Å². The second-order valence-corrected chi connectivity index (χ2v) is 15.5. The third-order valence-corrected chi connectivity index (χ3v) is 12.2. The number of hydrogen-bond donors (Lipinski definition) is 1. The average molecular weight is 700 g/mol. The highest BCUT2D eigenvalue weighted by Crippen LogP contribution is 2.49. The van der Waals surface area contributed by atoms with Gasteiger partial charge in [-0.25, -0.2) is 0 Å². The molecular formula is C39H52F3N3O5. The number of carboxylic acid groups (broad SMARTS) is 1. The number of halogens is 3. The van der Waals surface area contributed by atoms with E-state index in [1.54, 1.807) is 20.3 Å². The number of piperidine rings is 1. The first-order chi connectivity index (χ1) is 23.8. The van der Waals surface area contributed by atoms with Crippen molar-refractivity contribution in [1.29, 1.82) is 0 Å². The lowest BCUT2D eigenvalue weighted by Gasteiger charge is -2.37. The van der Waals surface area contributed by atoms with Crippen molar-refractivity contribution in [3.63, 3.8) is 0 Å². The van der Waals surface area contributed by atoms with Gasteiger partial charge in [-0.2, -0.15) is 13.2 Å². The molecule has 1 aliphatic carbocycles. The quantitative estimate of drug-likeness (QED) is 0.301. The lowest BCUT2D eigenvalue weighted by molar-refractivity contribution is -0.143. The first kappa shape index (κ1) is 36.5. The molecule has 8 nitrogen and oxygen atoms in total. The summed E-state index contributed by atoms with van der Waals surface area (Å²) in [5, 5.41) is 9.54. The fourth-order valence-corrected chi connectivity index (χ4v) is 9.22. The van der Waals surface area contributed by atoms with Gasteiger partial charge >= 0.3 is 12.1 Å². The predicted octanol–water partition coefficient (Wildman–Crippen LogP) is 7.03. The van der Waals surface area contributed by atoms with Crippen LogP contribution >= 0.6 is 0 Å². The molecule has 1 amide bonds. The first-order valence-corrected chi connectivity index (χ1v) is 18.2.